The Balaban J connectivity index is 2.03. The maximum atomic E-state index is 8.91. The second-order valence-corrected chi connectivity index (χ2v) is 4.24. The van der Waals surface area contributed by atoms with Crippen LogP contribution in [-0.2, 0) is 6.42 Å². The van der Waals surface area contributed by atoms with Crippen molar-refractivity contribution in [2.45, 2.75) is 19.4 Å². The molecule has 0 radical (unpaired) electrons. The number of furan rings is 1. The number of rotatable bonds is 4. The summed E-state index contributed by atoms with van der Waals surface area (Å²) in [6.45, 7) is 2.06. The molecule has 1 unspecified atom stereocenters. The van der Waals surface area contributed by atoms with Gasteiger partial charge >= 0.3 is 0 Å². The Morgan fingerprint density at radius 3 is 2.94 bits per heavy atom. The highest BCUT2D eigenvalue weighted by Crippen LogP contribution is 2.18. The summed E-state index contributed by atoms with van der Waals surface area (Å²) in [5.74, 6) is 0.936. The molecule has 0 aliphatic carbocycles. The first-order valence-electron chi connectivity index (χ1n) is 5.77. The Morgan fingerprint density at radius 1 is 1.44 bits per heavy atom. The topological polar surface area (TPSA) is 75.0 Å². The number of nitriles is 1. The summed E-state index contributed by atoms with van der Waals surface area (Å²) in [6, 6.07) is 11.5. The van der Waals surface area contributed by atoms with Crippen LogP contribution in [0.4, 0.5) is 11.4 Å². The molecule has 2 rings (SSSR count). The van der Waals surface area contributed by atoms with Crippen LogP contribution in [-0.4, -0.2) is 6.04 Å². The van der Waals surface area contributed by atoms with Crippen molar-refractivity contribution >= 4 is 11.4 Å². The summed E-state index contributed by atoms with van der Waals surface area (Å²) in [6.07, 6.45) is 2.46. The predicted molar refractivity (Wildman–Crippen MR) is 71.1 cm³/mol. The lowest BCUT2D eigenvalue weighted by Gasteiger charge is -2.14. The van der Waals surface area contributed by atoms with Gasteiger partial charge in [-0.25, -0.2) is 0 Å². The van der Waals surface area contributed by atoms with E-state index in [1.54, 1.807) is 18.4 Å². The highest BCUT2D eigenvalue weighted by Gasteiger charge is 2.07. The molecule has 4 nitrogen and oxygen atoms in total. The fraction of sp³-hybridized carbons (Fsp3) is 0.214. The fourth-order valence-corrected chi connectivity index (χ4v) is 1.81. The molecule has 0 amide bonds. The highest BCUT2D eigenvalue weighted by molar-refractivity contribution is 5.62. The van der Waals surface area contributed by atoms with E-state index in [1.807, 2.05) is 18.2 Å². The number of nitrogens with two attached hydrogens (primary N) is 1. The van der Waals surface area contributed by atoms with Crippen LogP contribution < -0.4 is 11.1 Å². The van der Waals surface area contributed by atoms with Crippen molar-refractivity contribution in [2.24, 2.45) is 0 Å². The van der Waals surface area contributed by atoms with Crippen LogP contribution in [0.25, 0.3) is 0 Å². The van der Waals surface area contributed by atoms with Crippen LogP contribution in [0.2, 0.25) is 0 Å². The van der Waals surface area contributed by atoms with Gasteiger partial charge in [0.1, 0.15) is 11.8 Å². The van der Waals surface area contributed by atoms with Gasteiger partial charge in [0.15, 0.2) is 0 Å². The summed E-state index contributed by atoms with van der Waals surface area (Å²) < 4.78 is 5.29. The number of nitrogen functional groups attached to an aromatic ring is 1. The zero-order valence-corrected chi connectivity index (χ0v) is 10.2. The third-order valence-corrected chi connectivity index (χ3v) is 2.67. The van der Waals surface area contributed by atoms with Gasteiger partial charge in [0.25, 0.3) is 0 Å². The average Bonchev–Trinajstić information content (AvgIpc) is 2.84. The van der Waals surface area contributed by atoms with Gasteiger partial charge in [0.2, 0.25) is 0 Å². The molecule has 1 aromatic carbocycles. The molecule has 0 aliphatic rings. The minimum atomic E-state index is 0.214. The molecule has 4 heteroatoms. The van der Waals surface area contributed by atoms with Crippen molar-refractivity contribution in [1.29, 1.82) is 5.26 Å². The third kappa shape index (κ3) is 2.83. The largest absolute Gasteiger partial charge is 0.469 e. The van der Waals surface area contributed by atoms with Crippen molar-refractivity contribution in [2.75, 3.05) is 11.1 Å². The van der Waals surface area contributed by atoms with Gasteiger partial charge in [-0.05, 0) is 37.3 Å². The SMILES string of the molecule is CC(Cc1ccco1)Nc1ccc(N)c(C#N)c1. The van der Waals surface area contributed by atoms with Gasteiger partial charge in [-0.3, -0.25) is 0 Å². The van der Waals surface area contributed by atoms with Crippen LogP contribution >= 0.6 is 0 Å². The molecule has 1 atom stereocenters. The fourth-order valence-electron chi connectivity index (χ4n) is 1.81. The van der Waals surface area contributed by atoms with Gasteiger partial charge in [0, 0.05) is 23.8 Å². The maximum Gasteiger partial charge on any atom is 0.105 e. The van der Waals surface area contributed by atoms with Crippen LogP contribution in [0.3, 0.4) is 0 Å². The number of nitrogens with one attached hydrogen (secondary N) is 1. The molecule has 1 heterocycles. The van der Waals surface area contributed by atoms with Gasteiger partial charge in [-0.15, -0.1) is 0 Å². The van der Waals surface area contributed by atoms with Crippen LogP contribution in [0.15, 0.2) is 41.0 Å². The van der Waals surface area contributed by atoms with E-state index < -0.39 is 0 Å². The van der Waals surface area contributed by atoms with Crippen molar-refractivity contribution in [3.63, 3.8) is 0 Å². The van der Waals surface area contributed by atoms with Crippen molar-refractivity contribution in [3.8, 4) is 6.07 Å². The van der Waals surface area contributed by atoms with E-state index in [0.29, 0.717) is 11.3 Å². The normalized spacial score (nSPS) is 11.8. The Morgan fingerprint density at radius 2 is 2.28 bits per heavy atom. The molecule has 18 heavy (non-hydrogen) atoms. The van der Waals surface area contributed by atoms with Gasteiger partial charge < -0.3 is 15.5 Å². The predicted octanol–water partition coefficient (Wildman–Crippen LogP) is 2.78. The number of hydrogen-bond acceptors (Lipinski definition) is 4. The molecule has 92 valence electrons. The Bertz CT molecular complexity index is 555. The standard InChI is InChI=1S/C14H15N3O/c1-10(7-13-3-2-6-18-13)17-12-4-5-14(16)11(8-12)9-15/h2-6,8,10,17H,7,16H2,1H3. The summed E-state index contributed by atoms with van der Waals surface area (Å²) in [5, 5.41) is 12.2. The van der Waals surface area contributed by atoms with Gasteiger partial charge in [-0.1, -0.05) is 0 Å². The smallest absolute Gasteiger partial charge is 0.105 e. The Hall–Kier alpha value is -2.41. The third-order valence-electron chi connectivity index (χ3n) is 2.67. The van der Waals surface area contributed by atoms with Gasteiger partial charge in [-0.2, -0.15) is 5.26 Å². The first-order valence-corrected chi connectivity index (χ1v) is 5.77. The van der Waals surface area contributed by atoms with E-state index in [9.17, 15) is 0 Å². The quantitative estimate of drug-likeness (QED) is 0.807. The molecular weight excluding hydrogens is 226 g/mol. The number of anilines is 2. The monoisotopic (exact) mass is 241 g/mol. The van der Waals surface area contributed by atoms with Crippen LogP contribution in [0, 0.1) is 11.3 Å². The van der Waals surface area contributed by atoms with Crippen LogP contribution in [0.1, 0.15) is 18.2 Å². The van der Waals surface area contributed by atoms with E-state index in [0.717, 1.165) is 17.9 Å². The molecule has 0 spiro atoms. The first-order chi connectivity index (χ1) is 8.69. The minimum absolute atomic E-state index is 0.214. The maximum absolute atomic E-state index is 8.91. The molecule has 0 fully saturated rings. The highest BCUT2D eigenvalue weighted by atomic mass is 16.3. The van der Waals surface area contributed by atoms with Crippen molar-refractivity contribution in [3.05, 3.63) is 47.9 Å². The van der Waals surface area contributed by atoms with Crippen molar-refractivity contribution < 1.29 is 4.42 Å². The van der Waals surface area contributed by atoms with E-state index in [-0.39, 0.29) is 6.04 Å². The zero-order valence-electron chi connectivity index (χ0n) is 10.2. The molecule has 0 bridgehead atoms. The molecule has 3 N–H and O–H groups in total. The lowest BCUT2D eigenvalue weighted by Crippen LogP contribution is -2.17. The lowest BCUT2D eigenvalue weighted by molar-refractivity contribution is 0.498. The molecule has 0 saturated carbocycles. The number of benzene rings is 1. The second kappa shape index (κ2) is 5.28. The van der Waals surface area contributed by atoms with Crippen LogP contribution in [0.5, 0.6) is 0 Å². The molecule has 0 saturated heterocycles. The van der Waals surface area contributed by atoms with E-state index in [2.05, 4.69) is 18.3 Å². The molecular formula is C14H15N3O. The van der Waals surface area contributed by atoms with E-state index >= 15 is 0 Å². The lowest BCUT2D eigenvalue weighted by atomic mass is 10.1. The number of hydrogen-bond donors (Lipinski definition) is 2. The summed E-state index contributed by atoms with van der Waals surface area (Å²) in [4.78, 5) is 0. The first kappa shape index (κ1) is 12.1. The summed E-state index contributed by atoms with van der Waals surface area (Å²) in [5.41, 5.74) is 7.56. The second-order valence-electron chi connectivity index (χ2n) is 4.24. The van der Waals surface area contributed by atoms with Crippen molar-refractivity contribution in [1.82, 2.24) is 0 Å². The molecule has 0 aliphatic heterocycles. The number of nitrogens with zero attached hydrogens (tertiary/aromatic N) is 1. The Labute approximate surface area is 106 Å². The van der Waals surface area contributed by atoms with E-state index in [4.69, 9.17) is 15.4 Å². The average molecular weight is 241 g/mol. The summed E-state index contributed by atoms with van der Waals surface area (Å²) >= 11 is 0. The molecule has 1 aromatic heterocycles. The zero-order chi connectivity index (χ0) is 13.0. The molecule has 2 aromatic rings. The van der Waals surface area contributed by atoms with Gasteiger partial charge in [0.05, 0.1) is 11.8 Å². The van der Waals surface area contributed by atoms with E-state index in [1.165, 1.54) is 0 Å². The summed E-state index contributed by atoms with van der Waals surface area (Å²) in [7, 11) is 0. The Kier molecular flexibility index (Phi) is 3.54. The minimum Gasteiger partial charge on any atom is -0.469 e.